The molecule has 6 N–H and O–H groups in total. The molecule has 0 aliphatic rings. The third-order valence-electron chi connectivity index (χ3n) is 3.58. The van der Waals surface area contributed by atoms with Crippen molar-refractivity contribution >= 4 is 11.8 Å². The first kappa shape index (κ1) is 20.6. The topological polar surface area (TPSA) is 110 Å². The lowest BCUT2D eigenvalue weighted by Gasteiger charge is -2.14. The summed E-state index contributed by atoms with van der Waals surface area (Å²) in [5, 5.41) is 5.40. The van der Waals surface area contributed by atoms with Gasteiger partial charge in [0.05, 0.1) is 12.1 Å². The average molecular weight is 344 g/mol. The molecule has 1 rings (SSSR count). The maximum absolute atomic E-state index is 12.0. The molecule has 6 heteroatoms. The molecule has 1 aromatic carbocycles. The highest BCUT2D eigenvalue weighted by Gasteiger charge is 2.15. The Hall–Kier alpha value is -2.44. The zero-order chi connectivity index (χ0) is 18.7. The summed E-state index contributed by atoms with van der Waals surface area (Å²) in [6.45, 7) is 6.30. The monoisotopic (exact) mass is 344 g/mol. The molecule has 0 aliphatic heterocycles. The number of rotatable bonds is 10. The van der Waals surface area contributed by atoms with Gasteiger partial charge < -0.3 is 22.1 Å². The van der Waals surface area contributed by atoms with Gasteiger partial charge in [0, 0.05) is 13.1 Å². The van der Waals surface area contributed by atoms with Gasteiger partial charge in [-0.05, 0) is 25.3 Å². The van der Waals surface area contributed by atoms with E-state index >= 15 is 0 Å². The number of nitrogens with one attached hydrogen (secondary N) is 2. The summed E-state index contributed by atoms with van der Waals surface area (Å²) in [5.74, 6) is -0.516. The Morgan fingerprint density at radius 1 is 1.08 bits per heavy atom. The first-order valence-corrected chi connectivity index (χ1v) is 8.35. The molecule has 2 atom stereocenters. The number of amides is 2. The van der Waals surface area contributed by atoms with Crippen LogP contribution >= 0.6 is 0 Å². The summed E-state index contributed by atoms with van der Waals surface area (Å²) >= 11 is 0. The molecule has 0 bridgehead atoms. The standard InChI is InChI=1S/C19H28N4O2/c1-3-7-14(2)12-16(20)18(24)22-10-11-23-19(25)17(21)13-15-8-5-4-6-9-15/h3-9,16-17H,2,10-13,20-21H2,1H3,(H,22,24)(H,23,25)/b7-3-/t16-,17-/m0/s1. The Kier molecular flexibility index (Phi) is 9.21. The molecular weight excluding hydrogens is 316 g/mol. The fourth-order valence-corrected chi connectivity index (χ4v) is 2.27. The predicted octanol–water partition coefficient (Wildman–Crippen LogP) is 0.639. The fourth-order valence-electron chi connectivity index (χ4n) is 2.27. The van der Waals surface area contributed by atoms with Crippen molar-refractivity contribution in [3.05, 3.63) is 60.2 Å². The minimum absolute atomic E-state index is 0.246. The third-order valence-corrected chi connectivity index (χ3v) is 3.58. The lowest BCUT2D eigenvalue weighted by molar-refractivity contribution is -0.124. The highest BCUT2D eigenvalue weighted by atomic mass is 16.2. The zero-order valence-corrected chi connectivity index (χ0v) is 14.7. The van der Waals surface area contributed by atoms with Crippen molar-refractivity contribution in [2.45, 2.75) is 31.8 Å². The van der Waals surface area contributed by atoms with Gasteiger partial charge in [0.1, 0.15) is 0 Å². The van der Waals surface area contributed by atoms with E-state index in [2.05, 4.69) is 17.2 Å². The van der Waals surface area contributed by atoms with Gasteiger partial charge in [-0.1, -0.05) is 54.6 Å². The van der Waals surface area contributed by atoms with Crippen LogP contribution in [0.2, 0.25) is 0 Å². The minimum Gasteiger partial charge on any atom is -0.353 e. The SMILES string of the molecule is C=C(/C=C\C)C[C@H](N)C(=O)NCCNC(=O)[C@@H](N)Cc1ccccc1. The van der Waals surface area contributed by atoms with Gasteiger partial charge in [0.15, 0.2) is 0 Å². The Balaban J connectivity index is 2.24. The summed E-state index contributed by atoms with van der Waals surface area (Å²) in [5.41, 5.74) is 13.5. The summed E-state index contributed by atoms with van der Waals surface area (Å²) in [6.07, 6.45) is 4.53. The summed E-state index contributed by atoms with van der Waals surface area (Å²) in [4.78, 5) is 23.8. The molecule has 25 heavy (non-hydrogen) atoms. The molecule has 2 amide bonds. The normalized spacial score (nSPS) is 13.2. The van der Waals surface area contributed by atoms with Crippen LogP contribution in [0.15, 0.2) is 54.6 Å². The van der Waals surface area contributed by atoms with E-state index in [-0.39, 0.29) is 11.8 Å². The zero-order valence-electron chi connectivity index (χ0n) is 14.7. The van der Waals surface area contributed by atoms with Gasteiger partial charge in [0.25, 0.3) is 0 Å². The van der Waals surface area contributed by atoms with Gasteiger partial charge in [-0.2, -0.15) is 0 Å². The molecular formula is C19H28N4O2. The van der Waals surface area contributed by atoms with Crippen LogP contribution in [0, 0.1) is 0 Å². The van der Waals surface area contributed by atoms with Crippen LogP contribution < -0.4 is 22.1 Å². The van der Waals surface area contributed by atoms with E-state index in [0.717, 1.165) is 11.1 Å². The molecule has 0 aromatic heterocycles. The van der Waals surface area contributed by atoms with E-state index in [0.29, 0.717) is 25.9 Å². The Morgan fingerprint density at radius 2 is 1.64 bits per heavy atom. The van der Waals surface area contributed by atoms with E-state index in [1.165, 1.54) is 0 Å². The van der Waals surface area contributed by atoms with E-state index in [1.807, 2.05) is 49.4 Å². The number of carbonyl (C=O) groups excluding carboxylic acids is 2. The van der Waals surface area contributed by atoms with Gasteiger partial charge >= 0.3 is 0 Å². The maximum atomic E-state index is 12.0. The van der Waals surface area contributed by atoms with Crippen molar-refractivity contribution in [1.29, 1.82) is 0 Å². The summed E-state index contributed by atoms with van der Waals surface area (Å²) < 4.78 is 0. The van der Waals surface area contributed by atoms with E-state index < -0.39 is 12.1 Å². The Labute approximate surface area is 149 Å². The van der Waals surface area contributed by atoms with Crippen LogP contribution in [0.5, 0.6) is 0 Å². The van der Waals surface area contributed by atoms with Crippen LogP contribution in [0.1, 0.15) is 18.9 Å². The van der Waals surface area contributed by atoms with Crippen LogP contribution in [-0.4, -0.2) is 37.0 Å². The summed E-state index contributed by atoms with van der Waals surface area (Å²) in [7, 11) is 0. The van der Waals surface area contributed by atoms with Crippen molar-refractivity contribution in [3.63, 3.8) is 0 Å². The lowest BCUT2D eigenvalue weighted by atomic mass is 10.1. The molecule has 0 radical (unpaired) electrons. The largest absolute Gasteiger partial charge is 0.353 e. The van der Waals surface area contributed by atoms with Gasteiger partial charge in [-0.3, -0.25) is 9.59 Å². The third kappa shape index (κ3) is 8.28. The Bertz CT molecular complexity index is 599. The van der Waals surface area contributed by atoms with Gasteiger partial charge in [-0.15, -0.1) is 0 Å². The van der Waals surface area contributed by atoms with E-state index in [9.17, 15) is 9.59 Å². The number of nitrogens with two attached hydrogens (primary N) is 2. The second-order valence-electron chi connectivity index (χ2n) is 5.85. The van der Waals surface area contributed by atoms with Crippen molar-refractivity contribution in [3.8, 4) is 0 Å². The molecule has 6 nitrogen and oxygen atoms in total. The van der Waals surface area contributed by atoms with E-state index in [4.69, 9.17) is 11.5 Å². The number of hydrogen-bond acceptors (Lipinski definition) is 4. The first-order valence-electron chi connectivity index (χ1n) is 8.35. The molecule has 0 fully saturated rings. The molecule has 0 spiro atoms. The van der Waals surface area contributed by atoms with Crippen LogP contribution in [0.3, 0.4) is 0 Å². The van der Waals surface area contributed by atoms with Crippen molar-refractivity contribution < 1.29 is 9.59 Å². The molecule has 0 saturated carbocycles. The lowest BCUT2D eigenvalue weighted by Crippen LogP contribution is -2.46. The predicted molar refractivity (Wildman–Crippen MR) is 101 cm³/mol. The number of allylic oxidation sites excluding steroid dienone is 2. The Morgan fingerprint density at radius 3 is 2.20 bits per heavy atom. The van der Waals surface area contributed by atoms with Crippen molar-refractivity contribution in [2.24, 2.45) is 11.5 Å². The van der Waals surface area contributed by atoms with Crippen molar-refractivity contribution in [1.82, 2.24) is 10.6 Å². The van der Waals surface area contributed by atoms with Crippen molar-refractivity contribution in [2.75, 3.05) is 13.1 Å². The molecule has 0 aliphatic carbocycles. The average Bonchev–Trinajstić information content (AvgIpc) is 2.59. The number of benzene rings is 1. The van der Waals surface area contributed by atoms with Crippen LogP contribution in [-0.2, 0) is 16.0 Å². The highest BCUT2D eigenvalue weighted by Crippen LogP contribution is 2.03. The van der Waals surface area contributed by atoms with Crippen LogP contribution in [0.25, 0.3) is 0 Å². The molecule has 0 unspecified atom stereocenters. The fraction of sp³-hybridized carbons (Fsp3) is 0.368. The van der Waals surface area contributed by atoms with E-state index in [1.54, 1.807) is 0 Å². The second-order valence-corrected chi connectivity index (χ2v) is 5.85. The van der Waals surface area contributed by atoms with Gasteiger partial charge in [-0.25, -0.2) is 0 Å². The molecule has 0 heterocycles. The first-order chi connectivity index (χ1) is 11.9. The number of carbonyl (C=O) groups is 2. The molecule has 1 aromatic rings. The quantitative estimate of drug-likeness (QED) is 0.369. The molecule has 136 valence electrons. The summed E-state index contributed by atoms with van der Waals surface area (Å²) in [6, 6.07) is 8.31. The smallest absolute Gasteiger partial charge is 0.237 e. The molecule has 0 saturated heterocycles. The minimum atomic E-state index is -0.653. The highest BCUT2D eigenvalue weighted by molar-refractivity contribution is 5.83. The second kappa shape index (κ2) is 11.2. The van der Waals surface area contributed by atoms with Crippen LogP contribution in [0.4, 0.5) is 0 Å². The maximum Gasteiger partial charge on any atom is 0.237 e. The van der Waals surface area contributed by atoms with Gasteiger partial charge in [0.2, 0.25) is 11.8 Å². The number of hydrogen-bond donors (Lipinski definition) is 4.